The highest BCUT2D eigenvalue weighted by atomic mass is 32.2. The van der Waals surface area contributed by atoms with Crippen LogP contribution in [0.4, 0.5) is 5.69 Å². The number of hydrogen-bond acceptors (Lipinski definition) is 7. The molecule has 5 N–H and O–H groups in total. The van der Waals surface area contributed by atoms with Gasteiger partial charge >= 0.3 is 5.97 Å². The van der Waals surface area contributed by atoms with Gasteiger partial charge in [-0.15, -0.1) is 11.8 Å². The molecule has 3 aromatic rings. The van der Waals surface area contributed by atoms with E-state index in [1.165, 1.54) is 22.9 Å². The van der Waals surface area contributed by atoms with E-state index in [1.807, 2.05) is 10.6 Å². The Balaban J connectivity index is 1.29. The van der Waals surface area contributed by atoms with Gasteiger partial charge in [0.25, 0.3) is 5.91 Å². The van der Waals surface area contributed by atoms with Crippen LogP contribution in [0.15, 0.2) is 53.5 Å². The van der Waals surface area contributed by atoms with Crippen LogP contribution >= 0.6 is 11.8 Å². The first-order valence-electron chi connectivity index (χ1n) is 12.8. The van der Waals surface area contributed by atoms with E-state index in [4.69, 9.17) is 5.73 Å². The van der Waals surface area contributed by atoms with Crippen LogP contribution in [0.5, 0.6) is 0 Å². The molecule has 11 nitrogen and oxygen atoms in total. The van der Waals surface area contributed by atoms with Gasteiger partial charge in [-0.1, -0.05) is 36.4 Å². The first-order valence-corrected chi connectivity index (χ1v) is 13.7. The molecule has 40 heavy (non-hydrogen) atoms. The summed E-state index contributed by atoms with van der Waals surface area (Å²) in [6.07, 6.45) is 2.20. The fraction of sp³-hybridized carbons (Fsp3) is 0.321. The van der Waals surface area contributed by atoms with E-state index >= 15 is 0 Å². The zero-order valence-corrected chi connectivity index (χ0v) is 22.5. The third-order valence-corrected chi connectivity index (χ3v) is 9.42. The molecule has 0 radical (unpaired) electrons. The fourth-order valence-corrected chi connectivity index (χ4v) is 7.57. The van der Waals surface area contributed by atoms with Gasteiger partial charge in [-0.3, -0.25) is 19.2 Å². The number of aromatic nitrogens is 1. The number of pyridine rings is 1. The number of aryl methyl sites for hydroxylation is 2. The number of benzene rings is 2. The Morgan fingerprint density at radius 3 is 2.55 bits per heavy atom. The maximum absolute atomic E-state index is 13.6. The number of carboxylic acids is 1. The molecule has 3 aliphatic heterocycles. The van der Waals surface area contributed by atoms with Crippen molar-refractivity contribution in [3.05, 3.63) is 75.6 Å². The Morgan fingerprint density at radius 1 is 1.12 bits per heavy atom. The molecule has 4 atom stereocenters. The highest BCUT2D eigenvalue weighted by Gasteiger charge is 2.64. The maximum atomic E-state index is 13.6. The van der Waals surface area contributed by atoms with Crippen molar-refractivity contribution in [1.82, 2.24) is 20.1 Å². The summed E-state index contributed by atoms with van der Waals surface area (Å²) in [5.74, 6) is -3.00. The third-order valence-electron chi connectivity index (χ3n) is 7.85. The summed E-state index contributed by atoms with van der Waals surface area (Å²) >= 11 is 1.31. The van der Waals surface area contributed by atoms with Crippen LogP contribution in [-0.4, -0.2) is 60.5 Å². The van der Waals surface area contributed by atoms with Crippen LogP contribution in [0.1, 0.15) is 41.4 Å². The second kappa shape index (κ2) is 9.12. The molecule has 2 aromatic carbocycles. The van der Waals surface area contributed by atoms with Crippen molar-refractivity contribution in [3.8, 4) is 0 Å². The van der Waals surface area contributed by atoms with Gasteiger partial charge in [0.15, 0.2) is 0 Å². The van der Waals surface area contributed by atoms with Gasteiger partial charge in [-0.25, -0.2) is 4.79 Å². The molecule has 206 valence electrons. The number of nitrogens with zero attached hydrogens (tertiary/aromatic N) is 2. The summed E-state index contributed by atoms with van der Waals surface area (Å²) in [4.78, 5) is 66.6. The number of nitrogen functional groups attached to an aromatic ring is 1. The molecular formula is C28H27N5O6S. The summed E-state index contributed by atoms with van der Waals surface area (Å²) in [6, 6.07) is 8.84. The van der Waals surface area contributed by atoms with Crippen LogP contribution in [0.2, 0.25) is 0 Å². The minimum atomic E-state index is -1.22. The fourth-order valence-electron chi connectivity index (χ4n) is 5.95. The molecule has 0 saturated carbocycles. The molecule has 2 saturated heterocycles. The van der Waals surface area contributed by atoms with E-state index in [9.17, 15) is 29.1 Å². The van der Waals surface area contributed by atoms with Crippen LogP contribution < -0.4 is 21.8 Å². The molecular weight excluding hydrogens is 534 g/mol. The standard InChI is InChI=1S/C28H27N5O6S/c1-28(2)22(27(38)39)33-25(37)19(26(33)40-28)31-24(36)18(13-6-4-3-5-7-13)30-23(35)15-12-32-11-10-14-8-9-16(29)17(20(14)32)21(15)34/h3-9,12,18-19,22,26H,10-11,29H2,1-2H3,(H,30,35)(H,31,36)(H,38,39). The Kier molecular flexibility index (Phi) is 5.91. The number of carbonyl (C=O) groups is 4. The van der Waals surface area contributed by atoms with Crippen molar-refractivity contribution >= 4 is 52.0 Å². The predicted octanol–water partition coefficient (Wildman–Crippen LogP) is 1.24. The number of thioether (sulfide) groups is 1. The number of nitrogens with two attached hydrogens (primary N) is 1. The van der Waals surface area contributed by atoms with E-state index in [2.05, 4.69) is 10.6 Å². The second-order valence-corrected chi connectivity index (χ2v) is 12.5. The maximum Gasteiger partial charge on any atom is 0.327 e. The molecule has 0 spiro atoms. The number of aliphatic carboxylic acids is 1. The quantitative estimate of drug-likeness (QED) is 0.258. The van der Waals surface area contributed by atoms with E-state index in [0.29, 0.717) is 24.0 Å². The van der Waals surface area contributed by atoms with Crippen LogP contribution in [0, 0.1) is 0 Å². The molecule has 0 bridgehead atoms. The minimum Gasteiger partial charge on any atom is -0.480 e. The van der Waals surface area contributed by atoms with Gasteiger partial charge in [-0.2, -0.15) is 0 Å². The molecule has 3 aliphatic rings. The summed E-state index contributed by atoms with van der Waals surface area (Å²) in [5, 5.41) is 14.8. The normalized spacial score (nSPS) is 22.9. The molecule has 1 aromatic heterocycles. The van der Waals surface area contributed by atoms with E-state index in [1.54, 1.807) is 50.2 Å². The first-order chi connectivity index (χ1) is 19.0. The minimum absolute atomic E-state index is 0.143. The highest BCUT2D eigenvalue weighted by Crippen LogP contribution is 2.50. The number of fused-ring (bicyclic) bond motifs is 1. The third kappa shape index (κ3) is 3.85. The first kappa shape index (κ1) is 25.9. The van der Waals surface area contributed by atoms with Crippen LogP contribution in [0.3, 0.4) is 0 Å². The average molecular weight is 562 g/mol. The van der Waals surface area contributed by atoms with Crippen LogP contribution in [-0.2, 0) is 27.3 Å². The number of carboxylic acid groups (broad SMARTS) is 1. The Hall–Kier alpha value is -4.32. The number of carbonyl (C=O) groups excluding carboxylic acids is 3. The molecule has 0 aliphatic carbocycles. The average Bonchev–Trinajstić information content (AvgIpc) is 3.44. The van der Waals surface area contributed by atoms with Gasteiger partial charge in [0, 0.05) is 23.2 Å². The lowest BCUT2D eigenvalue weighted by atomic mass is 9.95. The van der Waals surface area contributed by atoms with Crippen molar-refractivity contribution in [3.63, 3.8) is 0 Å². The predicted molar refractivity (Wildman–Crippen MR) is 149 cm³/mol. The van der Waals surface area contributed by atoms with Gasteiger partial charge in [0.05, 0.1) is 10.9 Å². The number of β-lactam (4-membered cyclic amide) rings is 1. The molecule has 4 heterocycles. The Labute approximate surface area is 232 Å². The van der Waals surface area contributed by atoms with Crippen molar-refractivity contribution < 1.29 is 24.3 Å². The van der Waals surface area contributed by atoms with Crippen LogP contribution in [0.25, 0.3) is 10.9 Å². The monoisotopic (exact) mass is 561 g/mol. The van der Waals surface area contributed by atoms with E-state index in [0.717, 1.165) is 5.56 Å². The number of rotatable bonds is 6. The number of hydrogen-bond donors (Lipinski definition) is 4. The number of amides is 3. The topological polar surface area (TPSA) is 164 Å². The summed E-state index contributed by atoms with van der Waals surface area (Å²) in [6.45, 7) is 4.08. The van der Waals surface area contributed by atoms with E-state index in [-0.39, 0.29) is 16.6 Å². The molecule has 6 rings (SSSR count). The SMILES string of the molecule is CC1(C)SC2C(NC(=O)C(NC(=O)c3cn4c5c(ccc(N)c5c3=O)CC4)c3ccccc3)C(=O)N2C1C(=O)O. The summed E-state index contributed by atoms with van der Waals surface area (Å²) in [7, 11) is 0. The lowest BCUT2D eigenvalue weighted by Gasteiger charge is -2.44. The summed E-state index contributed by atoms with van der Waals surface area (Å²) < 4.78 is 1.08. The van der Waals surface area contributed by atoms with Crippen molar-refractivity contribution in [2.45, 2.75) is 55.1 Å². The largest absolute Gasteiger partial charge is 0.480 e. The molecule has 3 amide bonds. The highest BCUT2D eigenvalue weighted by molar-refractivity contribution is 8.01. The Bertz CT molecular complexity index is 1670. The smallest absolute Gasteiger partial charge is 0.327 e. The lowest BCUT2D eigenvalue weighted by molar-refractivity contribution is -0.161. The zero-order valence-electron chi connectivity index (χ0n) is 21.7. The van der Waals surface area contributed by atoms with Gasteiger partial charge in [0.1, 0.15) is 29.1 Å². The number of anilines is 1. The van der Waals surface area contributed by atoms with Gasteiger partial charge in [0.2, 0.25) is 17.2 Å². The zero-order chi connectivity index (χ0) is 28.5. The lowest BCUT2D eigenvalue weighted by Crippen LogP contribution is -2.71. The van der Waals surface area contributed by atoms with Crippen molar-refractivity contribution in [1.29, 1.82) is 0 Å². The van der Waals surface area contributed by atoms with Gasteiger partial charge in [-0.05, 0) is 37.5 Å². The molecule has 4 unspecified atom stereocenters. The van der Waals surface area contributed by atoms with Crippen molar-refractivity contribution in [2.24, 2.45) is 0 Å². The Morgan fingerprint density at radius 2 is 1.85 bits per heavy atom. The number of nitrogens with one attached hydrogen (secondary N) is 2. The van der Waals surface area contributed by atoms with Crippen molar-refractivity contribution in [2.75, 3.05) is 5.73 Å². The van der Waals surface area contributed by atoms with E-state index < -0.39 is 57.4 Å². The molecule has 2 fully saturated rings. The molecule has 12 heteroatoms. The van der Waals surface area contributed by atoms with Gasteiger partial charge < -0.3 is 30.9 Å². The second-order valence-electron chi connectivity index (χ2n) is 10.8. The summed E-state index contributed by atoms with van der Waals surface area (Å²) in [5.41, 5.74) is 7.88.